The molecule has 0 radical (unpaired) electrons. The molecule has 5 N–H and O–H groups in total. The number of hydrogen-bond donors (Lipinski definition) is 5. The number of aliphatic hydroxyl groups excluding tert-OH is 5. The van der Waals surface area contributed by atoms with Crippen LogP contribution >= 0.6 is 0 Å². The maximum absolute atomic E-state index is 9.90. The Hall–Kier alpha value is 0.730. The van der Waals surface area contributed by atoms with Crippen LogP contribution in [0.3, 0.4) is 0 Å². The summed E-state index contributed by atoms with van der Waals surface area (Å²) in [6.07, 6.45) is -6.84. The summed E-state index contributed by atoms with van der Waals surface area (Å²) in [4.78, 5) is 9.90. The van der Waals surface area contributed by atoms with Gasteiger partial charge in [0.15, 0.2) is 6.29 Å². The van der Waals surface area contributed by atoms with Gasteiger partial charge in [-0.3, -0.25) is 0 Å². The van der Waals surface area contributed by atoms with Crippen LogP contribution in [0, 0.1) is 0 Å². The first-order valence-corrected chi connectivity index (χ1v) is 3.33. The number of rotatable bonds is 5. The predicted octanol–water partition coefficient (Wildman–Crippen LogP) is -4.29. The summed E-state index contributed by atoms with van der Waals surface area (Å²) in [5.74, 6) is 0. The molecule has 0 fully saturated rings. The van der Waals surface area contributed by atoms with Crippen molar-refractivity contribution < 1.29 is 30.3 Å². The van der Waals surface area contributed by atoms with Crippen LogP contribution in [0.25, 0.3) is 0 Å². The Balaban J connectivity index is 0. The predicted molar refractivity (Wildman–Crippen MR) is 45.7 cm³/mol. The van der Waals surface area contributed by atoms with Gasteiger partial charge in [-0.1, -0.05) is 0 Å². The summed E-state index contributed by atoms with van der Waals surface area (Å²) in [6, 6.07) is 0. The van der Waals surface area contributed by atoms with Gasteiger partial charge in [-0.2, -0.15) is 0 Å². The molecule has 7 heteroatoms. The standard InChI is InChI=1S/C6H12O6.Ca.2H/c7-1-3(9)5(11)6(12)4(10)2-8;;;/h1,3-6,8-12H,2H2;;;/t3-,4-,5-,6-;;;/m1.../s1. The third-order valence-corrected chi connectivity index (χ3v) is 1.42. The molecule has 0 aromatic heterocycles. The first-order valence-electron chi connectivity index (χ1n) is 3.33. The van der Waals surface area contributed by atoms with Gasteiger partial charge in [-0.25, -0.2) is 0 Å². The SMILES string of the molecule is O=C[C@@H](O)[C@@H](O)[C@H](O)[C@H](O)CO.[CaH2]. The third-order valence-electron chi connectivity index (χ3n) is 1.42. The van der Waals surface area contributed by atoms with Crippen molar-refractivity contribution in [3.8, 4) is 0 Å². The Morgan fingerprint density at radius 1 is 1.08 bits per heavy atom. The van der Waals surface area contributed by atoms with Crippen LogP contribution in [-0.4, -0.2) is 101 Å². The molecule has 0 aliphatic heterocycles. The molecule has 13 heavy (non-hydrogen) atoms. The van der Waals surface area contributed by atoms with Crippen LogP contribution in [0.2, 0.25) is 0 Å². The monoisotopic (exact) mass is 222 g/mol. The summed E-state index contributed by atoms with van der Waals surface area (Å²) in [5.41, 5.74) is 0. The zero-order valence-electron chi connectivity index (χ0n) is 6.24. The van der Waals surface area contributed by atoms with Crippen LogP contribution < -0.4 is 0 Å². The molecule has 0 aliphatic carbocycles. The molecular formula is C6H14CaO6. The van der Waals surface area contributed by atoms with Crippen molar-refractivity contribution in [2.45, 2.75) is 24.4 Å². The number of aldehydes is 1. The van der Waals surface area contributed by atoms with E-state index in [-0.39, 0.29) is 44.0 Å². The minimum absolute atomic E-state index is 0. The second-order valence-corrected chi connectivity index (χ2v) is 2.36. The van der Waals surface area contributed by atoms with Crippen molar-refractivity contribution in [2.75, 3.05) is 6.61 Å². The number of hydrogen-bond acceptors (Lipinski definition) is 6. The van der Waals surface area contributed by atoms with Gasteiger partial charge in [-0.15, -0.1) is 0 Å². The summed E-state index contributed by atoms with van der Waals surface area (Å²) in [5, 5.41) is 43.5. The maximum atomic E-state index is 9.90. The molecule has 0 rings (SSSR count). The summed E-state index contributed by atoms with van der Waals surface area (Å²) in [6.45, 7) is -0.760. The first kappa shape index (κ1) is 16.2. The Kier molecular flexibility index (Phi) is 10.0. The van der Waals surface area contributed by atoms with Gasteiger partial charge in [0.25, 0.3) is 0 Å². The van der Waals surface area contributed by atoms with E-state index in [0.29, 0.717) is 0 Å². The molecule has 76 valence electrons. The van der Waals surface area contributed by atoms with Gasteiger partial charge in [0.1, 0.15) is 24.4 Å². The van der Waals surface area contributed by atoms with E-state index < -0.39 is 31.0 Å². The van der Waals surface area contributed by atoms with Gasteiger partial charge in [0.05, 0.1) is 6.61 Å². The van der Waals surface area contributed by atoms with E-state index in [2.05, 4.69) is 0 Å². The van der Waals surface area contributed by atoms with Gasteiger partial charge in [0.2, 0.25) is 0 Å². The van der Waals surface area contributed by atoms with Crippen molar-refractivity contribution in [1.29, 1.82) is 0 Å². The summed E-state index contributed by atoms with van der Waals surface area (Å²) < 4.78 is 0. The van der Waals surface area contributed by atoms with Crippen LogP contribution in [0.1, 0.15) is 0 Å². The van der Waals surface area contributed by atoms with Crippen LogP contribution in [0.15, 0.2) is 0 Å². The van der Waals surface area contributed by atoms with E-state index in [1.807, 2.05) is 0 Å². The zero-order chi connectivity index (χ0) is 9.72. The number of carbonyl (C=O) groups excluding carboxylic acids is 1. The topological polar surface area (TPSA) is 118 Å². The molecule has 0 bridgehead atoms. The van der Waals surface area contributed by atoms with Gasteiger partial charge >= 0.3 is 37.7 Å². The summed E-state index contributed by atoms with van der Waals surface area (Å²) in [7, 11) is 0. The molecule has 0 aliphatic rings. The van der Waals surface area contributed by atoms with Crippen molar-refractivity contribution in [3.05, 3.63) is 0 Å². The number of aliphatic hydroxyl groups is 5. The molecule has 0 heterocycles. The Morgan fingerprint density at radius 3 is 1.85 bits per heavy atom. The van der Waals surface area contributed by atoms with E-state index in [0.717, 1.165) is 0 Å². The molecule has 0 unspecified atom stereocenters. The Labute approximate surface area is 105 Å². The van der Waals surface area contributed by atoms with Crippen LogP contribution in [0.4, 0.5) is 0 Å². The average Bonchev–Trinajstić information content (AvgIpc) is 2.12. The van der Waals surface area contributed by atoms with Crippen molar-refractivity contribution in [2.24, 2.45) is 0 Å². The Bertz CT molecular complexity index is 143. The van der Waals surface area contributed by atoms with E-state index in [1.54, 1.807) is 0 Å². The van der Waals surface area contributed by atoms with E-state index in [4.69, 9.17) is 25.5 Å². The van der Waals surface area contributed by atoms with Crippen molar-refractivity contribution >= 4 is 44.0 Å². The second-order valence-electron chi connectivity index (χ2n) is 2.36. The van der Waals surface area contributed by atoms with Gasteiger partial charge in [-0.05, 0) is 0 Å². The second kappa shape index (κ2) is 8.07. The molecule has 0 amide bonds. The fraction of sp³-hybridized carbons (Fsp3) is 0.833. The molecule has 0 aromatic rings. The molecule has 0 saturated heterocycles. The third kappa shape index (κ3) is 5.24. The van der Waals surface area contributed by atoms with E-state index in [1.165, 1.54) is 0 Å². The number of carbonyl (C=O) groups is 1. The minimum atomic E-state index is -1.79. The fourth-order valence-corrected chi connectivity index (χ4v) is 0.618. The fourth-order valence-electron chi connectivity index (χ4n) is 0.618. The van der Waals surface area contributed by atoms with Gasteiger partial charge in [0, 0.05) is 0 Å². The molecule has 0 saturated carbocycles. The zero-order valence-corrected chi connectivity index (χ0v) is 6.24. The molecule has 6 nitrogen and oxygen atoms in total. The van der Waals surface area contributed by atoms with Crippen LogP contribution in [0.5, 0.6) is 0 Å². The Morgan fingerprint density at radius 2 is 1.54 bits per heavy atom. The molecule has 4 atom stereocenters. The van der Waals surface area contributed by atoms with Gasteiger partial charge < -0.3 is 30.3 Å². The average molecular weight is 222 g/mol. The molecule has 0 aromatic carbocycles. The van der Waals surface area contributed by atoms with E-state index >= 15 is 0 Å². The van der Waals surface area contributed by atoms with Crippen molar-refractivity contribution in [1.82, 2.24) is 0 Å². The first-order chi connectivity index (χ1) is 5.54. The molecule has 0 spiro atoms. The molecular weight excluding hydrogens is 208 g/mol. The van der Waals surface area contributed by atoms with Crippen LogP contribution in [-0.2, 0) is 4.79 Å². The van der Waals surface area contributed by atoms with E-state index in [9.17, 15) is 4.79 Å². The quantitative estimate of drug-likeness (QED) is 0.237. The summed E-state index contributed by atoms with van der Waals surface area (Å²) >= 11 is 0. The normalized spacial score (nSPS) is 19.5. The van der Waals surface area contributed by atoms with Crippen molar-refractivity contribution in [3.63, 3.8) is 0 Å².